The third-order valence-corrected chi connectivity index (χ3v) is 4.79. The van der Waals surface area contributed by atoms with Crippen LogP contribution in [0.2, 0.25) is 0 Å². The van der Waals surface area contributed by atoms with E-state index in [1.54, 1.807) is 7.11 Å². The molecule has 0 aliphatic rings. The Balaban J connectivity index is 1.59. The molecule has 1 unspecified atom stereocenters. The average molecular weight is 409 g/mol. The van der Waals surface area contributed by atoms with Crippen LogP contribution in [0.15, 0.2) is 48.5 Å². The van der Waals surface area contributed by atoms with Gasteiger partial charge in [-0.15, -0.1) is 0 Å². The molecule has 3 N–H and O–H groups in total. The fourth-order valence-electron chi connectivity index (χ4n) is 3.24. The van der Waals surface area contributed by atoms with Gasteiger partial charge < -0.3 is 15.0 Å². The number of ether oxygens (including phenoxy) is 1. The van der Waals surface area contributed by atoms with Crippen LogP contribution in [0.4, 0.5) is 5.95 Å². The number of hydrogen-bond acceptors (Lipinski definition) is 4. The number of para-hydroxylation sites is 2. The maximum atomic E-state index is 12.8. The maximum Gasteiger partial charge on any atom is 0.249 e. The van der Waals surface area contributed by atoms with Gasteiger partial charge in [-0.3, -0.25) is 14.9 Å². The van der Waals surface area contributed by atoms with Crippen molar-refractivity contribution in [2.24, 2.45) is 5.92 Å². The number of carbonyl (C=O) groups excluding carboxylic acids is 2. The molecule has 2 aromatic carbocycles. The van der Waals surface area contributed by atoms with Crippen LogP contribution in [0, 0.1) is 5.92 Å². The van der Waals surface area contributed by atoms with E-state index in [4.69, 9.17) is 4.74 Å². The average Bonchev–Trinajstić information content (AvgIpc) is 3.14. The molecule has 2 amide bonds. The van der Waals surface area contributed by atoms with Crippen LogP contribution in [0.25, 0.3) is 11.0 Å². The Kier molecular flexibility index (Phi) is 7.06. The lowest BCUT2D eigenvalue weighted by molar-refractivity contribution is -0.126. The Morgan fingerprint density at radius 2 is 1.83 bits per heavy atom. The Morgan fingerprint density at radius 1 is 1.10 bits per heavy atom. The van der Waals surface area contributed by atoms with E-state index in [9.17, 15) is 9.59 Å². The molecule has 0 aliphatic heterocycles. The third-order valence-electron chi connectivity index (χ3n) is 4.79. The minimum absolute atomic E-state index is 0.156. The number of H-pyrrole nitrogens is 1. The molecule has 7 heteroatoms. The highest BCUT2D eigenvalue weighted by molar-refractivity contribution is 5.97. The molecule has 1 atom stereocenters. The number of anilines is 1. The van der Waals surface area contributed by atoms with Crippen molar-refractivity contribution in [3.8, 4) is 5.75 Å². The molecule has 7 nitrogen and oxygen atoms in total. The van der Waals surface area contributed by atoms with Crippen molar-refractivity contribution in [1.82, 2.24) is 15.3 Å². The highest BCUT2D eigenvalue weighted by atomic mass is 16.5. The molecule has 0 fully saturated rings. The van der Waals surface area contributed by atoms with Gasteiger partial charge in [0.2, 0.25) is 17.8 Å². The second-order valence-electron chi connectivity index (χ2n) is 7.69. The molecule has 0 bridgehead atoms. The predicted octanol–water partition coefficient (Wildman–Crippen LogP) is 3.67. The van der Waals surface area contributed by atoms with E-state index in [1.165, 1.54) is 0 Å². The monoisotopic (exact) mass is 408 g/mol. The van der Waals surface area contributed by atoms with Crippen LogP contribution < -0.4 is 15.4 Å². The number of benzene rings is 2. The Hall–Kier alpha value is -3.35. The van der Waals surface area contributed by atoms with Crippen molar-refractivity contribution in [3.05, 3.63) is 54.1 Å². The van der Waals surface area contributed by atoms with Crippen LogP contribution in [-0.2, 0) is 16.0 Å². The molecule has 0 aliphatic carbocycles. The van der Waals surface area contributed by atoms with Crippen molar-refractivity contribution < 1.29 is 14.3 Å². The number of methoxy groups -OCH3 is 1. The summed E-state index contributed by atoms with van der Waals surface area (Å²) in [5, 5.41) is 5.67. The fourth-order valence-corrected chi connectivity index (χ4v) is 3.24. The molecule has 0 radical (unpaired) electrons. The van der Waals surface area contributed by atoms with Gasteiger partial charge in [-0.1, -0.05) is 38.1 Å². The molecule has 3 rings (SSSR count). The number of imidazole rings is 1. The summed E-state index contributed by atoms with van der Waals surface area (Å²) in [5.74, 6) is 0.972. The number of aromatic amines is 1. The number of hydrogen-bond donors (Lipinski definition) is 3. The van der Waals surface area contributed by atoms with Gasteiger partial charge >= 0.3 is 0 Å². The SMILES string of the molecule is COc1ccc(CCC(=O)NC(CC(C)C)C(=O)Nc2nc3ccccc3[nH]2)cc1. The quantitative estimate of drug-likeness (QED) is 0.503. The van der Waals surface area contributed by atoms with Gasteiger partial charge in [-0.25, -0.2) is 4.98 Å². The second kappa shape index (κ2) is 9.91. The van der Waals surface area contributed by atoms with Crippen LogP contribution in [0.3, 0.4) is 0 Å². The number of aromatic nitrogens is 2. The van der Waals surface area contributed by atoms with Crippen molar-refractivity contribution in [2.75, 3.05) is 12.4 Å². The lowest BCUT2D eigenvalue weighted by Crippen LogP contribution is -2.44. The highest BCUT2D eigenvalue weighted by Gasteiger charge is 2.23. The van der Waals surface area contributed by atoms with Gasteiger partial charge in [-0.2, -0.15) is 0 Å². The molecule has 158 valence electrons. The van der Waals surface area contributed by atoms with Gasteiger partial charge in [0.25, 0.3) is 0 Å². The molecule has 0 saturated carbocycles. The van der Waals surface area contributed by atoms with Crippen LogP contribution >= 0.6 is 0 Å². The van der Waals surface area contributed by atoms with Crippen molar-refractivity contribution >= 4 is 28.8 Å². The summed E-state index contributed by atoms with van der Waals surface area (Å²) in [6, 6.07) is 14.5. The topological polar surface area (TPSA) is 96.1 Å². The number of amides is 2. The fraction of sp³-hybridized carbons (Fsp3) is 0.348. The van der Waals surface area contributed by atoms with Gasteiger partial charge in [0.1, 0.15) is 11.8 Å². The van der Waals surface area contributed by atoms with E-state index in [2.05, 4.69) is 20.6 Å². The zero-order chi connectivity index (χ0) is 21.5. The number of fused-ring (bicyclic) bond motifs is 1. The van der Waals surface area contributed by atoms with Gasteiger partial charge in [0.05, 0.1) is 18.1 Å². The summed E-state index contributed by atoms with van der Waals surface area (Å²) >= 11 is 0. The smallest absolute Gasteiger partial charge is 0.249 e. The molecule has 1 heterocycles. The zero-order valence-corrected chi connectivity index (χ0v) is 17.6. The molecule has 1 aromatic heterocycles. The molecular formula is C23H28N4O3. The van der Waals surface area contributed by atoms with E-state index in [-0.39, 0.29) is 17.7 Å². The maximum absolute atomic E-state index is 12.8. The number of rotatable bonds is 9. The summed E-state index contributed by atoms with van der Waals surface area (Å²) in [5.41, 5.74) is 2.66. The Morgan fingerprint density at radius 3 is 2.50 bits per heavy atom. The van der Waals surface area contributed by atoms with Crippen LogP contribution in [0.1, 0.15) is 32.3 Å². The number of nitrogens with one attached hydrogen (secondary N) is 3. The predicted molar refractivity (Wildman–Crippen MR) is 117 cm³/mol. The molecule has 30 heavy (non-hydrogen) atoms. The first-order chi connectivity index (χ1) is 14.4. The number of aryl methyl sites for hydroxylation is 1. The summed E-state index contributed by atoms with van der Waals surface area (Å²) in [7, 11) is 1.62. The van der Waals surface area contributed by atoms with Crippen molar-refractivity contribution in [3.63, 3.8) is 0 Å². The van der Waals surface area contributed by atoms with Crippen molar-refractivity contribution in [2.45, 2.75) is 39.2 Å². The molecule has 0 saturated heterocycles. The van der Waals surface area contributed by atoms with Gasteiger partial charge in [-0.05, 0) is 48.6 Å². The van der Waals surface area contributed by atoms with Crippen molar-refractivity contribution in [1.29, 1.82) is 0 Å². The van der Waals surface area contributed by atoms with E-state index in [1.807, 2.05) is 62.4 Å². The van der Waals surface area contributed by atoms with Crippen LogP contribution in [0.5, 0.6) is 5.75 Å². The van der Waals surface area contributed by atoms with E-state index < -0.39 is 6.04 Å². The minimum atomic E-state index is -0.624. The van der Waals surface area contributed by atoms with E-state index in [0.29, 0.717) is 25.2 Å². The van der Waals surface area contributed by atoms with Gasteiger partial charge in [0.15, 0.2) is 0 Å². The molecule has 0 spiro atoms. The second-order valence-corrected chi connectivity index (χ2v) is 7.69. The number of carbonyl (C=O) groups is 2. The van der Waals surface area contributed by atoms with E-state index in [0.717, 1.165) is 22.3 Å². The Bertz CT molecular complexity index is 962. The summed E-state index contributed by atoms with van der Waals surface area (Å²) < 4.78 is 5.15. The standard InChI is InChI=1S/C23H28N4O3/c1-15(2)14-20(22(29)27-23-25-18-6-4-5-7-19(18)26-23)24-21(28)13-10-16-8-11-17(30-3)12-9-16/h4-9,11-12,15,20H,10,13-14H2,1-3H3,(H,24,28)(H2,25,26,27,29). The molecular weight excluding hydrogens is 380 g/mol. The van der Waals surface area contributed by atoms with E-state index >= 15 is 0 Å². The van der Waals surface area contributed by atoms with Crippen LogP contribution in [-0.4, -0.2) is 34.9 Å². The first kappa shape index (κ1) is 21.4. The zero-order valence-electron chi connectivity index (χ0n) is 17.6. The third kappa shape index (κ3) is 5.83. The Labute approximate surface area is 176 Å². The summed E-state index contributed by atoms with van der Waals surface area (Å²) in [4.78, 5) is 32.7. The summed E-state index contributed by atoms with van der Waals surface area (Å²) in [6.45, 7) is 4.04. The lowest BCUT2D eigenvalue weighted by atomic mass is 10.0. The first-order valence-electron chi connectivity index (χ1n) is 10.1. The number of nitrogens with zero attached hydrogens (tertiary/aromatic N) is 1. The van der Waals surface area contributed by atoms with Gasteiger partial charge in [0, 0.05) is 6.42 Å². The minimum Gasteiger partial charge on any atom is -0.497 e. The normalized spacial score (nSPS) is 12.0. The largest absolute Gasteiger partial charge is 0.497 e. The highest BCUT2D eigenvalue weighted by Crippen LogP contribution is 2.15. The molecule has 3 aromatic rings. The first-order valence-corrected chi connectivity index (χ1v) is 10.1. The summed E-state index contributed by atoms with van der Waals surface area (Å²) in [6.07, 6.45) is 1.44. The lowest BCUT2D eigenvalue weighted by Gasteiger charge is -2.19.